The smallest absolute Gasteiger partial charge is 0.254 e. The van der Waals surface area contributed by atoms with Gasteiger partial charge in [-0.3, -0.25) is 9.59 Å². The van der Waals surface area contributed by atoms with Crippen molar-refractivity contribution in [3.05, 3.63) is 33.8 Å². The van der Waals surface area contributed by atoms with Gasteiger partial charge in [-0.2, -0.15) is 0 Å². The third kappa shape index (κ3) is 4.59. The number of nitrogens with one attached hydrogen (secondary N) is 1. The Morgan fingerprint density at radius 1 is 1.39 bits per heavy atom. The second-order valence-electron chi connectivity index (χ2n) is 5.84. The molecule has 1 aliphatic heterocycles. The van der Waals surface area contributed by atoms with Crippen LogP contribution >= 0.6 is 23.2 Å². The predicted octanol–water partition coefficient (Wildman–Crippen LogP) is 2.45. The van der Waals surface area contributed by atoms with E-state index in [-0.39, 0.29) is 17.9 Å². The molecular weight excluding hydrogens is 337 g/mol. The van der Waals surface area contributed by atoms with E-state index in [1.807, 2.05) is 6.92 Å². The summed E-state index contributed by atoms with van der Waals surface area (Å²) in [5, 5.41) is 3.58. The largest absolute Gasteiger partial charge is 0.354 e. The summed E-state index contributed by atoms with van der Waals surface area (Å²) in [6.07, 6.45) is 2.18. The molecule has 0 spiro atoms. The molecule has 1 aromatic carbocycles. The standard InChI is InChI=1S/C16H21Cl2N3O2/c1-10(19)6-7-20-15(22)14-3-2-8-21(14)16(23)11-4-5-12(17)13(18)9-11/h4-5,9-10,14H,2-3,6-8,19H2,1H3,(H,20,22). The van der Waals surface area contributed by atoms with Crippen molar-refractivity contribution in [2.45, 2.75) is 38.3 Å². The number of benzene rings is 1. The lowest BCUT2D eigenvalue weighted by atomic mass is 10.1. The van der Waals surface area contributed by atoms with E-state index in [2.05, 4.69) is 5.32 Å². The number of amides is 2. The van der Waals surface area contributed by atoms with Crippen LogP contribution in [-0.2, 0) is 4.79 Å². The van der Waals surface area contributed by atoms with Gasteiger partial charge in [0.2, 0.25) is 5.91 Å². The first-order valence-corrected chi connectivity index (χ1v) is 8.45. The monoisotopic (exact) mass is 357 g/mol. The van der Waals surface area contributed by atoms with Gasteiger partial charge >= 0.3 is 0 Å². The molecule has 1 aliphatic rings. The Kier molecular flexibility index (Phi) is 6.27. The van der Waals surface area contributed by atoms with Gasteiger partial charge in [-0.25, -0.2) is 0 Å². The number of rotatable bonds is 5. The van der Waals surface area contributed by atoms with Crippen LogP contribution in [0.15, 0.2) is 18.2 Å². The van der Waals surface area contributed by atoms with E-state index in [0.717, 1.165) is 6.42 Å². The number of carbonyl (C=O) groups is 2. The topological polar surface area (TPSA) is 75.4 Å². The van der Waals surface area contributed by atoms with Crippen LogP contribution in [0, 0.1) is 0 Å². The van der Waals surface area contributed by atoms with Gasteiger partial charge in [0, 0.05) is 24.7 Å². The predicted molar refractivity (Wildman–Crippen MR) is 91.8 cm³/mol. The van der Waals surface area contributed by atoms with Crippen LogP contribution in [0.2, 0.25) is 10.0 Å². The SMILES string of the molecule is CC(N)CCNC(=O)C1CCCN1C(=O)c1ccc(Cl)c(Cl)c1. The Hall–Kier alpha value is -1.30. The first-order valence-electron chi connectivity index (χ1n) is 7.69. The summed E-state index contributed by atoms with van der Waals surface area (Å²) in [6.45, 7) is 2.97. The molecule has 2 unspecified atom stereocenters. The van der Waals surface area contributed by atoms with Gasteiger partial charge in [-0.1, -0.05) is 23.2 Å². The van der Waals surface area contributed by atoms with Gasteiger partial charge in [0.1, 0.15) is 6.04 Å². The second-order valence-corrected chi connectivity index (χ2v) is 6.66. The number of hydrogen-bond acceptors (Lipinski definition) is 3. The molecule has 0 aliphatic carbocycles. The molecule has 1 aromatic rings. The molecule has 1 heterocycles. The van der Waals surface area contributed by atoms with E-state index in [0.29, 0.717) is 41.5 Å². The minimum absolute atomic E-state index is 0.0350. The Bertz CT molecular complexity index is 593. The summed E-state index contributed by atoms with van der Waals surface area (Å²) < 4.78 is 0. The molecule has 7 heteroatoms. The quantitative estimate of drug-likeness (QED) is 0.849. The molecule has 2 rings (SSSR count). The van der Waals surface area contributed by atoms with Gasteiger partial charge in [-0.05, 0) is 44.4 Å². The highest BCUT2D eigenvalue weighted by molar-refractivity contribution is 6.42. The van der Waals surface area contributed by atoms with Crippen molar-refractivity contribution in [3.63, 3.8) is 0 Å². The molecule has 3 N–H and O–H groups in total. The molecule has 23 heavy (non-hydrogen) atoms. The summed E-state index contributed by atoms with van der Waals surface area (Å²) >= 11 is 11.8. The van der Waals surface area contributed by atoms with Crippen molar-refractivity contribution >= 4 is 35.0 Å². The van der Waals surface area contributed by atoms with Crippen molar-refractivity contribution in [1.82, 2.24) is 10.2 Å². The average Bonchev–Trinajstić information content (AvgIpc) is 2.98. The van der Waals surface area contributed by atoms with Gasteiger partial charge < -0.3 is 16.0 Å². The van der Waals surface area contributed by atoms with Crippen LogP contribution in [0.5, 0.6) is 0 Å². The maximum Gasteiger partial charge on any atom is 0.254 e. The van der Waals surface area contributed by atoms with Crippen molar-refractivity contribution in [3.8, 4) is 0 Å². The van der Waals surface area contributed by atoms with Crippen LogP contribution in [0.4, 0.5) is 0 Å². The van der Waals surface area contributed by atoms with E-state index in [4.69, 9.17) is 28.9 Å². The van der Waals surface area contributed by atoms with Gasteiger partial charge in [0.25, 0.3) is 5.91 Å². The first-order chi connectivity index (χ1) is 10.9. The van der Waals surface area contributed by atoms with Crippen molar-refractivity contribution < 1.29 is 9.59 Å². The zero-order chi connectivity index (χ0) is 17.0. The summed E-state index contributed by atoms with van der Waals surface area (Å²) in [4.78, 5) is 26.5. The van der Waals surface area contributed by atoms with Crippen molar-refractivity contribution in [2.24, 2.45) is 5.73 Å². The molecular formula is C16H21Cl2N3O2. The number of likely N-dealkylation sites (tertiary alicyclic amines) is 1. The van der Waals surface area contributed by atoms with Gasteiger partial charge in [-0.15, -0.1) is 0 Å². The third-order valence-electron chi connectivity index (χ3n) is 3.88. The Morgan fingerprint density at radius 2 is 2.13 bits per heavy atom. The number of hydrogen-bond donors (Lipinski definition) is 2. The lowest BCUT2D eigenvalue weighted by molar-refractivity contribution is -0.124. The third-order valence-corrected chi connectivity index (χ3v) is 4.62. The van der Waals surface area contributed by atoms with Crippen molar-refractivity contribution in [1.29, 1.82) is 0 Å². The Balaban J connectivity index is 2.04. The lowest BCUT2D eigenvalue weighted by Gasteiger charge is -2.24. The van der Waals surface area contributed by atoms with Crippen LogP contribution < -0.4 is 11.1 Å². The van der Waals surface area contributed by atoms with Crippen LogP contribution in [0.25, 0.3) is 0 Å². The lowest BCUT2D eigenvalue weighted by Crippen LogP contribution is -2.46. The highest BCUT2D eigenvalue weighted by atomic mass is 35.5. The Labute approximate surface area is 146 Å². The molecule has 1 saturated heterocycles. The zero-order valence-electron chi connectivity index (χ0n) is 13.0. The summed E-state index contributed by atoms with van der Waals surface area (Å²) in [5.74, 6) is -0.329. The summed E-state index contributed by atoms with van der Waals surface area (Å²) in [5.41, 5.74) is 6.11. The molecule has 0 saturated carbocycles. The molecule has 126 valence electrons. The normalized spacial score (nSPS) is 18.8. The van der Waals surface area contributed by atoms with Crippen LogP contribution in [0.1, 0.15) is 36.5 Å². The van der Waals surface area contributed by atoms with E-state index in [9.17, 15) is 9.59 Å². The zero-order valence-corrected chi connectivity index (χ0v) is 14.5. The molecule has 0 radical (unpaired) electrons. The molecule has 0 aromatic heterocycles. The number of halogens is 2. The maximum atomic E-state index is 12.6. The number of carbonyl (C=O) groups excluding carboxylic acids is 2. The average molecular weight is 358 g/mol. The van der Waals surface area contributed by atoms with E-state index < -0.39 is 6.04 Å². The van der Waals surface area contributed by atoms with Gasteiger partial charge in [0.05, 0.1) is 10.0 Å². The highest BCUT2D eigenvalue weighted by Crippen LogP contribution is 2.25. The van der Waals surface area contributed by atoms with E-state index in [1.165, 1.54) is 6.07 Å². The van der Waals surface area contributed by atoms with Crippen LogP contribution in [-0.4, -0.2) is 41.9 Å². The fourth-order valence-corrected chi connectivity index (χ4v) is 2.92. The molecule has 5 nitrogen and oxygen atoms in total. The fraction of sp³-hybridized carbons (Fsp3) is 0.500. The second kappa shape index (κ2) is 7.99. The number of nitrogens with two attached hydrogens (primary N) is 1. The minimum atomic E-state index is -0.440. The van der Waals surface area contributed by atoms with Gasteiger partial charge in [0.15, 0.2) is 0 Å². The molecule has 2 amide bonds. The fourth-order valence-electron chi connectivity index (χ4n) is 2.62. The minimum Gasteiger partial charge on any atom is -0.354 e. The molecule has 2 atom stereocenters. The maximum absolute atomic E-state index is 12.6. The molecule has 0 bridgehead atoms. The van der Waals surface area contributed by atoms with E-state index >= 15 is 0 Å². The Morgan fingerprint density at radius 3 is 2.78 bits per heavy atom. The van der Waals surface area contributed by atoms with Crippen LogP contribution in [0.3, 0.4) is 0 Å². The molecule has 1 fully saturated rings. The summed E-state index contributed by atoms with van der Waals surface area (Å²) in [7, 11) is 0. The number of nitrogens with zero attached hydrogens (tertiary/aromatic N) is 1. The van der Waals surface area contributed by atoms with Crippen molar-refractivity contribution in [2.75, 3.05) is 13.1 Å². The van der Waals surface area contributed by atoms with E-state index in [1.54, 1.807) is 17.0 Å². The first kappa shape index (κ1) is 18.0. The highest BCUT2D eigenvalue weighted by Gasteiger charge is 2.34. The summed E-state index contributed by atoms with van der Waals surface area (Å²) in [6, 6.07) is 4.35.